The maximum absolute atomic E-state index is 12.5. The number of carbonyl (C=O) groups excluding carboxylic acids is 1. The van der Waals surface area contributed by atoms with E-state index in [9.17, 15) is 4.79 Å². The summed E-state index contributed by atoms with van der Waals surface area (Å²) < 4.78 is 5.21. The number of nitrogens with one attached hydrogen (secondary N) is 1. The lowest BCUT2D eigenvalue weighted by atomic mass is 9.99. The van der Waals surface area contributed by atoms with Gasteiger partial charge in [0, 0.05) is 11.1 Å². The SMILES string of the molecule is Cc1occc1C(=O)NN=C(c1ccccc1)c1ccc(-c2ccccc2)cc1. The highest BCUT2D eigenvalue weighted by Crippen LogP contribution is 2.21. The van der Waals surface area contributed by atoms with E-state index in [0.29, 0.717) is 17.0 Å². The highest BCUT2D eigenvalue weighted by Gasteiger charge is 2.13. The number of carbonyl (C=O) groups is 1. The first kappa shape index (κ1) is 18.4. The number of rotatable bonds is 5. The molecule has 29 heavy (non-hydrogen) atoms. The smallest absolute Gasteiger partial charge is 0.274 e. The Kier molecular flexibility index (Phi) is 5.34. The number of hydrogen-bond acceptors (Lipinski definition) is 3. The van der Waals surface area contributed by atoms with Gasteiger partial charge in [-0.05, 0) is 24.1 Å². The third-order valence-electron chi connectivity index (χ3n) is 4.69. The van der Waals surface area contributed by atoms with Crippen molar-refractivity contribution in [2.45, 2.75) is 6.92 Å². The Morgan fingerprint density at radius 2 is 1.34 bits per heavy atom. The summed E-state index contributed by atoms with van der Waals surface area (Å²) in [6.07, 6.45) is 1.49. The predicted molar refractivity (Wildman–Crippen MR) is 115 cm³/mol. The molecule has 1 N–H and O–H groups in total. The summed E-state index contributed by atoms with van der Waals surface area (Å²) in [6.45, 7) is 1.75. The Labute approximate surface area is 169 Å². The maximum atomic E-state index is 12.5. The summed E-state index contributed by atoms with van der Waals surface area (Å²) in [7, 11) is 0. The van der Waals surface area contributed by atoms with E-state index >= 15 is 0 Å². The molecule has 0 fully saturated rings. The molecule has 4 heteroatoms. The highest BCUT2D eigenvalue weighted by molar-refractivity contribution is 6.13. The number of furan rings is 1. The minimum atomic E-state index is -0.300. The Morgan fingerprint density at radius 3 is 1.97 bits per heavy atom. The molecule has 1 amide bonds. The molecule has 4 rings (SSSR count). The first-order valence-electron chi connectivity index (χ1n) is 9.36. The van der Waals surface area contributed by atoms with Gasteiger partial charge < -0.3 is 4.42 Å². The normalized spacial score (nSPS) is 11.3. The van der Waals surface area contributed by atoms with Gasteiger partial charge in [0.15, 0.2) is 0 Å². The van der Waals surface area contributed by atoms with E-state index in [-0.39, 0.29) is 5.91 Å². The van der Waals surface area contributed by atoms with Crippen molar-refractivity contribution in [3.8, 4) is 11.1 Å². The monoisotopic (exact) mass is 380 g/mol. The lowest BCUT2D eigenvalue weighted by Gasteiger charge is -2.09. The molecule has 0 unspecified atom stereocenters. The van der Waals surface area contributed by atoms with Crippen molar-refractivity contribution < 1.29 is 9.21 Å². The highest BCUT2D eigenvalue weighted by atomic mass is 16.3. The van der Waals surface area contributed by atoms with Crippen LogP contribution in [0.5, 0.6) is 0 Å². The zero-order chi connectivity index (χ0) is 20.1. The summed E-state index contributed by atoms with van der Waals surface area (Å²) in [5.74, 6) is 0.261. The van der Waals surface area contributed by atoms with Gasteiger partial charge in [-0.15, -0.1) is 0 Å². The van der Waals surface area contributed by atoms with Crippen LogP contribution in [-0.2, 0) is 0 Å². The quantitative estimate of drug-likeness (QED) is 0.370. The van der Waals surface area contributed by atoms with Gasteiger partial charge in [0.05, 0.1) is 17.5 Å². The summed E-state index contributed by atoms with van der Waals surface area (Å²) in [5, 5.41) is 4.44. The third-order valence-corrected chi connectivity index (χ3v) is 4.69. The van der Waals surface area contributed by atoms with Crippen molar-refractivity contribution in [2.24, 2.45) is 5.10 Å². The number of nitrogens with zero attached hydrogens (tertiary/aromatic N) is 1. The lowest BCUT2D eigenvalue weighted by molar-refractivity contribution is 0.0953. The molecule has 0 atom stereocenters. The van der Waals surface area contributed by atoms with Gasteiger partial charge in [-0.25, -0.2) is 5.43 Å². The van der Waals surface area contributed by atoms with Crippen molar-refractivity contribution in [3.63, 3.8) is 0 Å². The molecule has 0 spiro atoms. The van der Waals surface area contributed by atoms with E-state index in [0.717, 1.165) is 22.3 Å². The molecule has 0 aliphatic heterocycles. The van der Waals surface area contributed by atoms with Crippen LogP contribution in [0.2, 0.25) is 0 Å². The second kappa shape index (κ2) is 8.40. The van der Waals surface area contributed by atoms with Gasteiger partial charge in [-0.3, -0.25) is 4.79 Å². The van der Waals surface area contributed by atoms with Gasteiger partial charge in [0.2, 0.25) is 0 Å². The molecule has 1 heterocycles. The topological polar surface area (TPSA) is 54.6 Å². The zero-order valence-corrected chi connectivity index (χ0v) is 16.0. The van der Waals surface area contributed by atoms with Crippen molar-refractivity contribution in [2.75, 3.05) is 0 Å². The minimum absolute atomic E-state index is 0.300. The molecule has 0 radical (unpaired) electrons. The van der Waals surface area contributed by atoms with Crippen LogP contribution in [-0.4, -0.2) is 11.6 Å². The van der Waals surface area contributed by atoms with Gasteiger partial charge in [-0.2, -0.15) is 5.10 Å². The molecule has 0 bridgehead atoms. The lowest BCUT2D eigenvalue weighted by Crippen LogP contribution is -2.20. The van der Waals surface area contributed by atoms with E-state index in [1.165, 1.54) is 6.26 Å². The summed E-state index contributed by atoms with van der Waals surface area (Å²) in [4.78, 5) is 12.5. The fraction of sp³-hybridized carbons (Fsp3) is 0.0400. The Hall–Kier alpha value is -3.92. The molecule has 3 aromatic carbocycles. The maximum Gasteiger partial charge on any atom is 0.274 e. The molecule has 4 aromatic rings. The molecule has 4 nitrogen and oxygen atoms in total. The van der Waals surface area contributed by atoms with Crippen molar-refractivity contribution in [3.05, 3.63) is 120 Å². The summed E-state index contributed by atoms with van der Waals surface area (Å²) in [6, 6.07) is 29.8. The summed E-state index contributed by atoms with van der Waals surface area (Å²) in [5.41, 5.74) is 7.94. The number of amides is 1. The Balaban J connectivity index is 1.66. The van der Waals surface area contributed by atoms with Crippen LogP contribution < -0.4 is 5.43 Å². The molecular weight excluding hydrogens is 360 g/mol. The Morgan fingerprint density at radius 1 is 0.759 bits per heavy atom. The molecule has 0 saturated carbocycles. The van der Waals surface area contributed by atoms with Crippen molar-refractivity contribution in [1.29, 1.82) is 0 Å². The van der Waals surface area contributed by atoms with Crippen molar-refractivity contribution >= 4 is 11.6 Å². The minimum Gasteiger partial charge on any atom is -0.469 e. The van der Waals surface area contributed by atoms with Crippen LogP contribution in [0.4, 0.5) is 0 Å². The summed E-state index contributed by atoms with van der Waals surface area (Å²) >= 11 is 0. The van der Waals surface area contributed by atoms with Crippen LogP contribution in [0.15, 0.2) is 107 Å². The molecule has 1 aromatic heterocycles. The predicted octanol–water partition coefficient (Wildman–Crippen LogP) is 5.44. The molecule has 142 valence electrons. The van der Waals surface area contributed by atoms with E-state index in [1.54, 1.807) is 13.0 Å². The molecule has 0 saturated heterocycles. The number of hydrogen-bond donors (Lipinski definition) is 1. The first-order chi connectivity index (χ1) is 14.2. The second-order valence-corrected chi connectivity index (χ2v) is 6.60. The average molecular weight is 380 g/mol. The Bertz CT molecular complexity index is 1130. The fourth-order valence-electron chi connectivity index (χ4n) is 3.13. The van der Waals surface area contributed by atoms with Crippen LogP contribution >= 0.6 is 0 Å². The largest absolute Gasteiger partial charge is 0.469 e. The van der Waals surface area contributed by atoms with Crippen LogP contribution in [0.1, 0.15) is 27.2 Å². The van der Waals surface area contributed by atoms with Crippen molar-refractivity contribution in [1.82, 2.24) is 5.43 Å². The fourth-order valence-corrected chi connectivity index (χ4v) is 3.13. The molecule has 0 aliphatic rings. The standard InChI is InChI=1S/C25H20N2O2/c1-18-23(16-17-29-18)25(28)27-26-24(21-10-6-3-7-11-21)22-14-12-20(13-15-22)19-8-4-2-5-9-19/h2-17H,1H3,(H,27,28). The van der Waals surface area contributed by atoms with E-state index in [2.05, 4.69) is 34.8 Å². The van der Waals surface area contributed by atoms with E-state index in [1.807, 2.05) is 60.7 Å². The van der Waals surface area contributed by atoms with Gasteiger partial charge in [0.1, 0.15) is 5.76 Å². The first-order valence-corrected chi connectivity index (χ1v) is 9.36. The number of hydrazone groups is 1. The number of benzene rings is 3. The average Bonchev–Trinajstić information content (AvgIpc) is 3.21. The van der Waals surface area contributed by atoms with E-state index in [4.69, 9.17) is 4.42 Å². The van der Waals surface area contributed by atoms with Crippen LogP contribution in [0.25, 0.3) is 11.1 Å². The van der Waals surface area contributed by atoms with E-state index < -0.39 is 0 Å². The van der Waals surface area contributed by atoms with Gasteiger partial charge in [0.25, 0.3) is 5.91 Å². The zero-order valence-electron chi connectivity index (χ0n) is 16.0. The van der Waals surface area contributed by atoms with Gasteiger partial charge >= 0.3 is 0 Å². The second-order valence-electron chi connectivity index (χ2n) is 6.60. The van der Waals surface area contributed by atoms with Crippen LogP contribution in [0.3, 0.4) is 0 Å². The molecular formula is C25H20N2O2. The van der Waals surface area contributed by atoms with Crippen LogP contribution in [0, 0.1) is 6.92 Å². The number of aryl methyl sites for hydroxylation is 1. The third kappa shape index (κ3) is 4.17. The van der Waals surface area contributed by atoms with Gasteiger partial charge in [-0.1, -0.05) is 84.9 Å². The molecule has 0 aliphatic carbocycles.